The molecule has 1 aromatic heterocycles. The van der Waals surface area contributed by atoms with Crippen molar-refractivity contribution in [3.8, 4) is 0 Å². The van der Waals surface area contributed by atoms with Gasteiger partial charge in [-0.1, -0.05) is 68.4 Å². The summed E-state index contributed by atoms with van der Waals surface area (Å²) in [5.41, 5.74) is -0.180. The van der Waals surface area contributed by atoms with Crippen molar-refractivity contribution in [3.05, 3.63) is 53.4 Å². The first kappa shape index (κ1) is 69.5. The molecule has 3 fully saturated rings. The maximum Gasteiger partial charge on any atom is 0.311 e. The molecule has 2 aromatic rings. The van der Waals surface area contributed by atoms with Gasteiger partial charge in [0.2, 0.25) is 6.79 Å². The van der Waals surface area contributed by atoms with Gasteiger partial charge in [0.25, 0.3) is 0 Å². The number of alkyl halides is 1. The summed E-state index contributed by atoms with van der Waals surface area (Å²) >= 11 is 0. The number of ether oxygens (including phenoxy) is 10. The third-order valence-corrected chi connectivity index (χ3v) is 18.3. The Bertz CT molecular complexity index is 2400. The van der Waals surface area contributed by atoms with E-state index in [9.17, 15) is 25.2 Å². The Morgan fingerprint density at radius 3 is 2.25 bits per heavy atom. The van der Waals surface area contributed by atoms with Crippen LogP contribution >= 0.6 is 0 Å². The molecule has 4 aliphatic rings. The summed E-state index contributed by atoms with van der Waals surface area (Å²) in [4.78, 5) is 24.8. The van der Waals surface area contributed by atoms with Crippen LogP contribution in [0, 0.1) is 23.7 Å². The number of cyclic esters (lactones) is 1. The second-order valence-electron chi connectivity index (χ2n) is 24.6. The molecule has 0 bridgehead atoms. The molecule has 0 radical (unpaired) electrons. The van der Waals surface area contributed by atoms with E-state index in [0.717, 1.165) is 30.6 Å². The molecular formula is C61H101FN6O16. The number of aliphatic hydroxyl groups is 4. The Labute approximate surface area is 497 Å². The molecule has 0 amide bonds. The first-order valence-corrected chi connectivity index (χ1v) is 29.9. The number of methoxy groups -OCH3 is 4. The number of nitrogens with zero attached hydrogens (tertiary/aromatic N) is 6. The van der Waals surface area contributed by atoms with Crippen molar-refractivity contribution in [3.63, 3.8) is 0 Å². The van der Waals surface area contributed by atoms with Crippen molar-refractivity contribution >= 4 is 17.3 Å². The first-order chi connectivity index (χ1) is 39.8. The lowest BCUT2D eigenvalue weighted by molar-refractivity contribution is -0.319. The molecule has 0 aliphatic carbocycles. The molecule has 3 saturated heterocycles. The van der Waals surface area contributed by atoms with Gasteiger partial charge in [-0.15, -0.1) is 5.10 Å². The van der Waals surface area contributed by atoms with Gasteiger partial charge in [-0.05, 0) is 98.0 Å². The minimum atomic E-state index is -1.99. The zero-order valence-electron chi connectivity index (χ0n) is 52.7. The van der Waals surface area contributed by atoms with Crippen molar-refractivity contribution in [1.82, 2.24) is 24.8 Å². The van der Waals surface area contributed by atoms with Crippen LogP contribution in [0.4, 0.5) is 4.39 Å². The Balaban J connectivity index is 1.31. The predicted octanol–water partition coefficient (Wildman–Crippen LogP) is 5.69. The summed E-state index contributed by atoms with van der Waals surface area (Å²) in [5, 5.41) is 61.5. The summed E-state index contributed by atoms with van der Waals surface area (Å²) in [6, 6.07) is 6.83. The SMILES string of the molecule is CC[C@H]1OC(=O)[C@H](C)[C@@H](O[C@H]2C[C@@](C)(OC)[C@@H](O)[C@H](C)O2)[C@H](C)[C@@H](O[C@@H]2O[C@H](C)C[C@H](N(C)CCc3cn([C@H](CF)[C@H](OC)c4ccc(C5=CCN(C)CC5)cc4)nn3)[C@H]2O)[C@](C)(OC)C[C@@H](C)/C(=N\OCOCCOC)[C@H](C)[C@@H](O)[C@]1(C)O. The lowest BCUT2D eigenvalue weighted by atomic mass is 9.73. The number of oxime groups is 1. The smallest absolute Gasteiger partial charge is 0.311 e. The second-order valence-corrected chi connectivity index (χ2v) is 24.6. The molecule has 20 atom stereocenters. The number of halogens is 1. The van der Waals surface area contributed by atoms with E-state index in [0.29, 0.717) is 37.4 Å². The number of hydrogen-bond acceptors (Lipinski definition) is 21. The molecule has 478 valence electrons. The van der Waals surface area contributed by atoms with Crippen molar-refractivity contribution < 1.29 is 81.8 Å². The summed E-state index contributed by atoms with van der Waals surface area (Å²) in [6.45, 7) is 19.5. The number of hydrogen-bond donors (Lipinski definition) is 4. The third kappa shape index (κ3) is 16.5. The largest absolute Gasteiger partial charge is 0.459 e. The topological polar surface area (TPSA) is 249 Å². The van der Waals surface area contributed by atoms with Crippen molar-refractivity contribution in [1.29, 1.82) is 0 Å². The van der Waals surface area contributed by atoms with Crippen LogP contribution in [-0.4, -0.2) is 230 Å². The minimum absolute atomic E-state index is 0.0810. The molecule has 0 saturated carbocycles. The fraction of sp³-hybridized carbons (Fsp3) is 0.803. The van der Waals surface area contributed by atoms with Gasteiger partial charge in [0.05, 0.1) is 72.3 Å². The molecular weight excluding hydrogens is 1090 g/mol. The lowest BCUT2D eigenvalue weighted by Crippen LogP contribution is -2.61. The number of aliphatic hydroxyl groups excluding tert-OH is 3. The highest BCUT2D eigenvalue weighted by atomic mass is 19.1. The monoisotopic (exact) mass is 1190 g/mol. The molecule has 23 heteroatoms. The minimum Gasteiger partial charge on any atom is -0.459 e. The lowest BCUT2D eigenvalue weighted by Gasteiger charge is -2.50. The molecule has 5 heterocycles. The molecule has 6 rings (SSSR count). The van der Waals surface area contributed by atoms with E-state index in [1.807, 2.05) is 51.8 Å². The van der Waals surface area contributed by atoms with Crippen LogP contribution in [0.3, 0.4) is 0 Å². The Hall–Kier alpha value is -3.63. The maximum atomic E-state index is 15.1. The Morgan fingerprint density at radius 2 is 1.63 bits per heavy atom. The number of esters is 1. The van der Waals surface area contributed by atoms with Crippen molar-refractivity contribution in [2.24, 2.45) is 28.8 Å². The van der Waals surface area contributed by atoms with Crippen LogP contribution in [-0.2, 0) is 63.4 Å². The highest BCUT2D eigenvalue weighted by Crippen LogP contribution is 2.43. The van der Waals surface area contributed by atoms with Crippen LogP contribution in [0.1, 0.15) is 130 Å². The van der Waals surface area contributed by atoms with E-state index < -0.39 is 133 Å². The summed E-state index contributed by atoms with van der Waals surface area (Å²) in [5.74, 6) is -4.06. The van der Waals surface area contributed by atoms with Crippen LogP contribution < -0.4 is 0 Å². The molecule has 4 aliphatic heterocycles. The summed E-state index contributed by atoms with van der Waals surface area (Å²) < 4.78 is 78.9. The van der Waals surface area contributed by atoms with E-state index in [1.165, 1.54) is 24.3 Å². The third-order valence-electron chi connectivity index (χ3n) is 18.3. The first-order valence-electron chi connectivity index (χ1n) is 29.9. The quantitative estimate of drug-likeness (QED) is 0.0452. The fourth-order valence-electron chi connectivity index (χ4n) is 12.8. The second kappa shape index (κ2) is 31.0. The standard InChI is InChI=1S/C61H101FN6O16/c1-17-48-61(10,73)54(70)38(4)50(64-79-35-78-29-28-74-13)36(2)31-60(9,77-16)56(39(5)52(40(6)57(72)82-48)83-49-32-59(8,76-15)55(71)41(7)81-49)84-58-51(69)46(30-37(3)80-58)67(12)27-24-45-34-68(65-63-45)47(33-62)53(75-14)44-20-18-42(19-21-44)43-22-25-66(11)26-23-43/h18-22,34,36-41,46-49,51-56,58,69-71,73H,17,23-33,35H2,1-16H3/b64-50+/t36-,37-,38+,39+,40-,41+,46+,47-,48-,49+,51-,52+,53-,54-,55+,56-,58+,59-,60-,61-/m1/s1. The number of carbonyl (C=O) groups excluding carboxylic acids is 1. The van der Waals surface area contributed by atoms with Crippen LogP contribution in [0.5, 0.6) is 0 Å². The van der Waals surface area contributed by atoms with Gasteiger partial charge in [-0.25, -0.2) is 9.07 Å². The number of benzene rings is 1. The summed E-state index contributed by atoms with van der Waals surface area (Å²) in [7, 11) is 10.2. The van der Waals surface area contributed by atoms with E-state index in [1.54, 1.807) is 62.1 Å². The molecule has 4 N–H and O–H groups in total. The molecule has 0 unspecified atom stereocenters. The maximum absolute atomic E-state index is 15.1. The van der Waals surface area contributed by atoms with Gasteiger partial charge in [-0.2, -0.15) is 0 Å². The molecule has 0 spiro atoms. The van der Waals surface area contributed by atoms with Gasteiger partial charge >= 0.3 is 5.97 Å². The van der Waals surface area contributed by atoms with Crippen molar-refractivity contribution in [2.45, 2.75) is 204 Å². The Kier molecular flexibility index (Phi) is 25.6. The van der Waals surface area contributed by atoms with Gasteiger partial charge in [0.15, 0.2) is 12.6 Å². The molecule has 84 heavy (non-hydrogen) atoms. The van der Waals surface area contributed by atoms with E-state index >= 15 is 4.39 Å². The van der Waals surface area contributed by atoms with E-state index in [4.69, 9.17) is 52.2 Å². The highest BCUT2D eigenvalue weighted by molar-refractivity contribution is 5.88. The van der Waals surface area contributed by atoms with Crippen LogP contribution in [0.2, 0.25) is 0 Å². The van der Waals surface area contributed by atoms with Gasteiger partial charge in [0, 0.05) is 90.9 Å². The van der Waals surface area contributed by atoms with Gasteiger partial charge in [-0.3, -0.25) is 4.79 Å². The predicted molar refractivity (Wildman–Crippen MR) is 311 cm³/mol. The average molecular weight is 1190 g/mol. The number of aromatic nitrogens is 3. The number of rotatable bonds is 23. The normalized spacial score (nSPS) is 37.4. The van der Waals surface area contributed by atoms with Crippen LogP contribution in [0.15, 0.2) is 41.7 Å². The average Bonchev–Trinajstić information content (AvgIpc) is 4.01. The van der Waals surface area contributed by atoms with E-state index in [2.05, 4.69) is 45.6 Å². The number of likely N-dealkylation sites (N-methyl/N-ethyl adjacent to an activating group) is 2. The van der Waals surface area contributed by atoms with E-state index in [-0.39, 0.29) is 32.7 Å². The fourth-order valence-corrected chi connectivity index (χ4v) is 12.8. The van der Waals surface area contributed by atoms with Crippen molar-refractivity contribution in [2.75, 3.05) is 88.9 Å². The Morgan fingerprint density at radius 1 is 0.929 bits per heavy atom. The highest BCUT2D eigenvalue weighted by Gasteiger charge is 2.54. The molecule has 22 nitrogen and oxygen atoms in total. The van der Waals surface area contributed by atoms with Crippen LogP contribution in [0.25, 0.3) is 5.57 Å². The zero-order chi connectivity index (χ0) is 61.8. The van der Waals surface area contributed by atoms with Gasteiger partial charge in [0.1, 0.15) is 42.7 Å². The molecule has 1 aromatic carbocycles. The number of carbonyl (C=O) groups is 1. The van der Waals surface area contributed by atoms with Gasteiger partial charge < -0.3 is 82.4 Å². The summed E-state index contributed by atoms with van der Waals surface area (Å²) in [6.07, 6.45) is -5.01. The zero-order valence-corrected chi connectivity index (χ0v) is 52.7.